The van der Waals surface area contributed by atoms with Gasteiger partial charge in [0.25, 0.3) is 0 Å². The zero-order valence-electron chi connectivity index (χ0n) is 8.63. The summed E-state index contributed by atoms with van der Waals surface area (Å²) in [7, 11) is 0. The molecule has 0 saturated heterocycles. The van der Waals surface area contributed by atoms with Crippen LogP contribution in [0.15, 0.2) is 36.4 Å². The number of rotatable bonds is 4. The molecule has 0 aliphatic carbocycles. The zero-order valence-corrected chi connectivity index (χ0v) is 8.63. The lowest BCUT2D eigenvalue weighted by atomic mass is 10.1. The Balaban J connectivity index is 2.42. The van der Waals surface area contributed by atoms with E-state index in [9.17, 15) is 9.18 Å². The second-order valence-corrected chi connectivity index (χ2v) is 3.26. The van der Waals surface area contributed by atoms with E-state index >= 15 is 0 Å². The van der Waals surface area contributed by atoms with E-state index < -0.39 is 5.97 Å². The summed E-state index contributed by atoms with van der Waals surface area (Å²) in [5.74, 6) is -0.713. The van der Waals surface area contributed by atoms with E-state index in [1.165, 1.54) is 6.07 Å². The second-order valence-electron chi connectivity index (χ2n) is 3.26. The predicted molar refractivity (Wildman–Crippen MR) is 55.9 cm³/mol. The minimum Gasteiger partial charge on any atom is -0.462 e. The third-order valence-electron chi connectivity index (χ3n) is 1.91. The van der Waals surface area contributed by atoms with Gasteiger partial charge in [-0.2, -0.15) is 0 Å². The molecule has 0 N–H and O–H groups in total. The Labute approximate surface area is 88.4 Å². The van der Waals surface area contributed by atoms with Crippen LogP contribution in [-0.4, -0.2) is 12.6 Å². The fourth-order valence-corrected chi connectivity index (χ4v) is 1.08. The minimum atomic E-state index is -0.439. The van der Waals surface area contributed by atoms with Gasteiger partial charge in [0, 0.05) is 12.0 Å². The molecule has 0 amide bonds. The third-order valence-corrected chi connectivity index (χ3v) is 1.91. The first-order valence-electron chi connectivity index (χ1n) is 4.67. The van der Waals surface area contributed by atoms with Crippen LogP contribution in [0.3, 0.4) is 0 Å². The molecule has 0 aliphatic heterocycles. The molecule has 2 nitrogen and oxygen atoms in total. The Morgan fingerprint density at radius 3 is 2.73 bits per heavy atom. The van der Waals surface area contributed by atoms with Gasteiger partial charge in [-0.25, -0.2) is 9.18 Å². The maximum absolute atomic E-state index is 13.1. The first-order chi connectivity index (χ1) is 7.11. The molecule has 0 atom stereocenters. The molecule has 0 fully saturated rings. The van der Waals surface area contributed by atoms with Crippen LogP contribution in [0.25, 0.3) is 0 Å². The van der Waals surface area contributed by atoms with Crippen LogP contribution in [-0.2, 0) is 16.0 Å². The van der Waals surface area contributed by atoms with E-state index in [1.807, 2.05) is 0 Å². The number of benzene rings is 1. The van der Waals surface area contributed by atoms with Crippen molar-refractivity contribution in [2.24, 2.45) is 0 Å². The molecule has 0 aliphatic rings. The lowest BCUT2D eigenvalue weighted by Crippen LogP contribution is -2.08. The standard InChI is InChI=1S/C12H13FO2/c1-9(2)12(14)15-8-7-10-5-3-4-6-11(10)13/h3-6H,1,7-8H2,2H3. The van der Waals surface area contributed by atoms with E-state index in [0.29, 0.717) is 17.6 Å². The van der Waals surface area contributed by atoms with Gasteiger partial charge in [-0.05, 0) is 18.6 Å². The zero-order chi connectivity index (χ0) is 11.3. The summed E-state index contributed by atoms with van der Waals surface area (Å²) in [5.41, 5.74) is 0.899. The summed E-state index contributed by atoms with van der Waals surface area (Å²) in [6.07, 6.45) is 0.381. The molecule has 0 radical (unpaired) electrons. The summed E-state index contributed by atoms with van der Waals surface area (Å²) in [6, 6.07) is 6.43. The molecule has 0 heterocycles. The number of carbonyl (C=O) groups excluding carboxylic acids is 1. The van der Waals surface area contributed by atoms with Gasteiger partial charge in [0.1, 0.15) is 5.82 Å². The van der Waals surface area contributed by atoms with Crippen molar-refractivity contribution in [3.8, 4) is 0 Å². The van der Waals surface area contributed by atoms with Gasteiger partial charge in [-0.3, -0.25) is 0 Å². The van der Waals surface area contributed by atoms with Crippen molar-refractivity contribution in [3.05, 3.63) is 47.8 Å². The minimum absolute atomic E-state index is 0.173. The van der Waals surface area contributed by atoms with Crippen molar-refractivity contribution < 1.29 is 13.9 Å². The van der Waals surface area contributed by atoms with Gasteiger partial charge < -0.3 is 4.74 Å². The van der Waals surface area contributed by atoms with Gasteiger partial charge in [0.15, 0.2) is 0 Å². The Morgan fingerprint density at radius 2 is 2.13 bits per heavy atom. The Bertz CT molecular complexity index is 372. The van der Waals surface area contributed by atoms with E-state index in [2.05, 4.69) is 6.58 Å². The molecule has 3 heteroatoms. The Morgan fingerprint density at radius 1 is 1.47 bits per heavy atom. The van der Waals surface area contributed by atoms with E-state index in [1.54, 1.807) is 25.1 Å². The largest absolute Gasteiger partial charge is 0.462 e. The van der Waals surface area contributed by atoms with Gasteiger partial charge in [0.05, 0.1) is 6.61 Å². The fraction of sp³-hybridized carbons (Fsp3) is 0.250. The highest BCUT2D eigenvalue weighted by atomic mass is 19.1. The summed E-state index contributed by atoms with van der Waals surface area (Å²) in [6.45, 7) is 5.20. The maximum atomic E-state index is 13.1. The summed E-state index contributed by atoms with van der Waals surface area (Å²) in [5, 5.41) is 0. The predicted octanol–water partition coefficient (Wildman–Crippen LogP) is 2.49. The highest BCUT2D eigenvalue weighted by molar-refractivity contribution is 5.86. The van der Waals surface area contributed by atoms with Crippen molar-refractivity contribution >= 4 is 5.97 Å². The van der Waals surface area contributed by atoms with Crippen LogP contribution in [0.1, 0.15) is 12.5 Å². The van der Waals surface area contributed by atoms with Crippen molar-refractivity contribution in [1.82, 2.24) is 0 Å². The molecule has 0 aromatic heterocycles. The molecule has 1 rings (SSSR count). The van der Waals surface area contributed by atoms with E-state index in [4.69, 9.17) is 4.74 Å². The fourth-order valence-electron chi connectivity index (χ4n) is 1.08. The summed E-state index contributed by atoms with van der Waals surface area (Å²) in [4.78, 5) is 11.0. The smallest absolute Gasteiger partial charge is 0.333 e. The monoisotopic (exact) mass is 208 g/mol. The molecular weight excluding hydrogens is 195 g/mol. The molecule has 0 saturated carbocycles. The van der Waals surface area contributed by atoms with E-state index in [-0.39, 0.29) is 12.4 Å². The first-order valence-corrected chi connectivity index (χ1v) is 4.67. The number of esters is 1. The molecule has 1 aromatic carbocycles. The number of ether oxygens (including phenoxy) is 1. The normalized spacial score (nSPS) is 9.73. The molecule has 15 heavy (non-hydrogen) atoms. The number of hydrogen-bond donors (Lipinski definition) is 0. The van der Waals surface area contributed by atoms with Crippen LogP contribution < -0.4 is 0 Å². The topological polar surface area (TPSA) is 26.3 Å². The summed E-state index contributed by atoms with van der Waals surface area (Å²) >= 11 is 0. The first kappa shape index (κ1) is 11.4. The summed E-state index contributed by atoms with van der Waals surface area (Å²) < 4.78 is 18.0. The van der Waals surface area contributed by atoms with Crippen molar-refractivity contribution in [2.75, 3.05) is 6.61 Å². The number of hydrogen-bond acceptors (Lipinski definition) is 2. The molecule has 0 bridgehead atoms. The number of halogens is 1. The lowest BCUT2D eigenvalue weighted by Gasteiger charge is -2.04. The lowest BCUT2D eigenvalue weighted by molar-refractivity contribution is -0.138. The number of carbonyl (C=O) groups is 1. The van der Waals surface area contributed by atoms with Gasteiger partial charge in [-0.1, -0.05) is 24.8 Å². The quantitative estimate of drug-likeness (QED) is 0.561. The Kier molecular flexibility index (Phi) is 4.03. The van der Waals surface area contributed by atoms with Crippen LogP contribution >= 0.6 is 0 Å². The van der Waals surface area contributed by atoms with Crippen LogP contribution in [0.4, 0.5) is 4.39 Å². The molecule has 0 spiro atoms. The van der Waals surface area contributed by atoms with Gasteiger partial charge in [0.2, 0.25) is 0 Å². The maximum Gasteiger partial charge on any atom is 0.333 e. The average Bonchev–Trinajstić information content (AvgIpc) is 2.20. The molecule has 0 unspecified atom stereocenters. The van der Waals surface area contributed by atoms with Crippen molar-refractivity contribution in [2.45, 2.75) is 13.3 Å². The highest BCUT2D eigenvalue weighted by Crippen LogP contribution is 2.07. The van der Waals surface area contributed by atoms with Gasteiger partial charge in [-0.15, -0.1) is 0 Å². The van der Waals surface area contributed by atoms with Crippen LogP contribution in [0, 0.1) is 5.82 Å². The SMILES string of the molecule is C=C(C)C(=O)OCCc1ccccc1F. The van der Waals surface area contributed by atoms with Crippen LogP contribution in [0.5, 0.6) is 0 Å². The second kappa shape index (κ2) is 5.29. The third kappa shape index (κ3) is 3.54. The van der Waals surface area contributed by atoms with Crippen LogP contribution in [0.2, 0.25) is 0 Å². The van der Waals surface area contributed by atoms with E-state index in [0.717, 1.165) is 0 Å². The van der Waals surface area contributed by atoms with Crippen molar-refractivity contribution in [1.29, 1.82) is 0 Å². The molecule has 80 valence electrons. The van der Waals surface area contributed by atoms with Crippen molar-refractivity contribution in [3.63, 3.8) is 0 Å². The Hall–Kier alpha value is -1.64. The van der Waals surface area contributed by atoms with Gasteiger partial charge >= 0.3 is 5.97 Å². The average molecular weight is 208 g/mol. The highest BCUT2D eigenvalue weighted by Gasteiger charge is 2.04. The molecule has 1 aromatic rings. The molecular formula is C12H13FO2.